The lowest BCUT2D eigenvalue weighted by Crippen LogP contribution is -2.34. The molecule has 0 fully saturated rings. The molecule has 0 aliphatic heterocycles. The van der Waals surface area contributed by atoms with Crippen LogP contribution in [-0.4, -0.2) is 35.4 Å². The fourth-order valence-corrected chi connectivity index (χ4v) is 8.76. The van der Waals surface area contributed by atoms with Crippen LogP contribution >= 0.6 is 64.7 Å². The third-order valence-electron chi connectivity index (χ3n) is 3.83. The molecule has 1 N–H and O–H groups in total. The largest absolute Gasteiger partial charge is 0.357 e. The molecule has 1 unspecified atom stereocenters. The zero-order valence-electron chi connectivity index (χ0n) is 17.1. The Kier molecular flexibility index (Phi) is 11.4. The van der Waals surface area contributed by atoms with Crippen LogP contribution in [0.25, 0.3) is 0 Å². The van der Waals surface area contributed by atoms with Gasteiger partial charge in [0.2, 0.25) is 0 Å². The van der Waals surface area contributed by atoms with Gasteiger partial charge in [0.05, 0.1) is 22.3 Å². The molecule has 0 aromatic heterocycles. The maximum absolute atomic E-state index is 13.7. The quantitative estimate of drug-likeness (QED) is 0.228. The SMILES string of the molecule is CCCSP(=O)(OCC)N(CCSc1ccccc1)C(=O)Nc1c(Cl)cc(Cl)cc1Cl. The standard InChI is InChI=1S/C20H24Cl3N2O3PS2/c1-3-11-31-29(27,28-4-2)25(10-12-30-16-8-6-5-7-9-16)20(26)24-19-17(22)13-15(21)14-18(19)23/h5-9,13-14H,3-4,10-12H2,1-2H3,(H,24,26). The van der Waals surface area contributed by atoms with Gasteiger partial charge in [0.25, 0.3) is 0 Å². The number of anilines is 1. The van der Waals surface area contributed by atoms with Gasteiger partial charge in [-0.05, 0) is 49.0 Å². The minimum absolute atomic E-state index is 0.192. The Morgan fingerprint density at radius 1 is 1.10 bits per heavy atom. The van der Waals surface area contributed by atoms with E-state index in [1.807, 2.05) is 37.3 Å². The van der Waals surface area contributed by atoms with Crippen molar-refractivity contribution in [1.82, 2.24) is 4.67 Å². The number of amides is 2. The summed E-state index contributed by atoms with van der Waals surface area (Å²) >= 11 is 21.1. The lowest BCUT2D eigenvalue weighted by Gasteiger charge is -2.30. The van der Waals surface area contributed by atoms with Crippen molar-refractivity contribution < 1.29 is 13.9 Å². The molecule has 31 heavy (non-hydrogen) atoms. The van der Waals surface area contributed by atoms with Crippen molar-refractivity contribution in [3.05, 3.63) is 57.5 Å². The second-order valence-electron chi connectivity index (χ2n) is 6.18. The molecule has 0 saturated carbocycles. The van der Waals surface area contributed by atoms with E-state index in [1.165, 1.54) is 16.8 Å². The van der Waals surface area contributed by atoms with Gasteiger partial charge in [-0.25, -0.2) is 9.46 Å². The summed E-state index contributed by atoms with van der Waals surface area (Å²) < 4.78 is 20.6. The number of nitrogens with zero attached hydrogens (tertiary/aromatic N) is 1. The van der Waals surface area contributed by atoms with Crippen molar-refractivity contribution in [3.8, 4) is 0 Å². The van der Waals surface area contributed by atoms with Crippen LogP contribution in [-0.2, 0) is 9.09 Å². The fraction of sp³-hybridized carbons (Fsp3) is 0.350. The first-order chi connectivity index (χ1) is 14.8. The molecule has 5 nitrogen and oxygen atoms in total. The van der Waals surface area contributed by atoms with Crippen molar-refractivity contribution in [1.29, 1.82) is 0 Å². The summed E-state index contributed by atoms with van der Waals surface area (Å²) in [6, 6.07) is 12.2. The smallest absolute Gasteiger partial charge is 0.306 e. The zero-order valence-corrected chi connectivity index (χ0v) is 21.9. The number of rotatable bonds is 11. The van der Waals surface area contributed by atoms with Gasteiger partial charge in [0, 0.05) is 28.0 Å². The molecule has 0 bridgehead atoms. The monoisotopic (exact) mass is 540 g/mol. The molecule has 0 aliphatic rings. The molecule has 1 atom stereocenters. The zero-order chi connectivity index (χ0) is 22.9. The minimum atomic E-state index is -3.49. The molecule has 0 saturated heterocycles. The molecule has 2 amide bonds. The number of nitrogens with one attached hydrogen (secondary N) is 1. The van der Waals surface area contributed by atoms with Gasteiger partial charge in [-0.3, -0.25) is 4.57 Å². The number of urea groups is 1. The van der Waals surface area contributed by atoms with Crippen LogP contribution in [0.4, 0.5) is 10.5 Å². The Bertz CT molecular complexity index is 899. The van der Waals surface area contributed by atoms with E-state index < -0.39 is 12.8 Å². The first kappa shape index (κ1) is 26.7. The summed E-state index contributed by atoms with van der Waals surface area (Å²) in [5, 5.41) is 3.42. The summed E-state index contributed by atoms with van der Waals surface area (Å²) in [6.45, 7) is 0.666. The summed E-state index contributed by atoms with van der Waals surface area (Å²) in [6.07, 6.45) is 0.796. The Morgan fingerprint density at radius 2 is 1.74 bits per heavy atom. The molecule has 2 aromatic carbocycles. The molecule has 0 heterocycles. The van der Waals surface area contributed by atoms with E-state index >= 15 is 0 Å². The van der Waals surface area contributed by atoms with Crippen molar-refractivity contribution in [3.63, 3.8) is 0 Å². The lowest BCUT2D eigenvalue weighted by atomic mass is 10.3. The summed E-state index contributed by atoms with van der Waals surface area (Å²) in [7, 11) is 0. The van der Waals surface area contributed by atoms with E-state index in [-0.39, 0.29) is 28.9 Å². The first-order valence-corrected chi connectivity index (χ1v) is 14.9. The van der Waals surface area contributed by atoms with Crippen molar-refractivity contribution >= 4 is 76.4 Å². The van der Waals surface area contributed by atoms with Gasteiger partial charge >= 0.3 is 12.8 Å². The molecular formula is C20H24Cl3N2O3PS2. The molecular weight excluding hydrogens is 518 g/mol. The van der Waals surface area contributed by atoms with Crippen LogP contribution in [0.5, 0.6) is 0 Å². The maximum atomic E-state index is 13.7. The van der Waals surface area contributed by atoms with E-state index in [2.05, 4.69) is 5.32 Å². The highest BCUT2D eigenvalue weighted by molar-refractivity contribution is 8.56. The molecule has 0 radical (unpaired) electrons. The second-order valence-corrected chi connectivity index (χ2v) is 13.1. The second kappa shape index (κ2) is 13.2. The molecule has 2 aromatic rings. The number of hydrogen-bond acceptors (Lipinski definition) is 5. The average Bonchev–Trinajstić information content (AvgIpc) is 2.73. The molecule has 0 aliphatic carbocycles. The van der Waals surface area contributed by atoms with E-state index in [9.17, 15) is 9.36 Å². The third kappa shape index (κ3) is 8.08. The normalized spacial score (nSPS) is 12.9. The van der Waals surface area contributed by atoms with Gasteiger partial charge in [-0.2, -0.15) is 0 Å². The van der Waals surface area contributed by atoms with E-state index in [4.69, 9.17) is 39.3 Å². The van der Waals surface area contributed by atoms with Crippen LogP contribution in [0.2, 0.25) is 15.1 Å². The highest BCUT2D eigenvalue weighted by Gasteiger charge is 2.36. The van der Waals surface area contributed by atoms with Crippen LogP contribution in [0.15, 0.2) is 47.4 Å². The number of thioether (sulfide) groups is 1. The van der Waals surface area contributed by atoms with E-state index in [0.717, 1.165) is 22.7 Å². The molecule has 11 heteroatoms. The van der Waals surface area contributed by atoms with Crippen LogP contribution < -0.4 is 5.32 Å². The van der Waals surface area contributed by atoms with E-state index in [0.29, 0.717) is 16.5 Å². The minimum Gasteiger partial charge on any atom is -0.306 e. The molecule has 2 rings (SSSR count). The number of benzene rings is 2. The summed E-state index contributed by atoms with van der Waals surface area (Å²) in [5.41, 5.74) is 0.210. The maximum Gasteiger partial charge on any atom is 0.357 e. The highest BCUT2D eigenvalue weighted by atomic mass is 35.5. The Balaban J connectivity index is 2.26. The van der Waals surface area contributed by atoms with Crippen LogP contribution in [0.1, 0.15) is 20.3 Å². The lowest BCUT2D eigenvalue weighted by molar-refractivity contribution is 0.229. The third-order valence-corrected chi connectivity index (χ3v) is 10.6. The topological polar surface area (TPSA) is 58.6 Å². The number of carbonyl (C=O) groups is 1. The van der Waals surface area contributed by atoms with Gasteiger partial charge < -0.3 is 9.84 Å². The van der Waals surface area contributed by atoms with Gasteiger partial charge in [0.15, 0.2) is 0 Å². The van der Waals surface area contributed by atoms with E-state index in [1.54, 1.807) is 18.7 Å². The Morgan fingerprint density at radius 3 is 2.32 bits per heavy atom. The predicted molar refractivity (Wildman–Crippen MR) is 136 cm³/mol. The first-order valence-electron chi connectivity index (χ1n) is 9.61. The van der Waals surface area contributed by atoms with Crippen LogP contribution in [0.3, 0.4) is 0 Å². The van der Waals surface area contributed by atoms with Gasteiger partial charge in [-0.15, -0.1) is 11.8 Å². The van der Waals surface area contributed by atoms with Gasteiger partial charge in [-0.1, -0.05) is 59.9 Å². The summed E-state index contributed by atoms with van der Waals surface area (Å²) in [4.78, 5) is 14.3. The Labute approximate surface area is 206 Å². The highest BCUT2D eigenvalue weighted by Crippen LogP contribution is 2.62. The molecule has 170 valence electrons. The van der Waals surface area contributed by atoms with Crippen molar-refractivity contribution in [2.45, 2.75) is 25.2 Å². The Hall–Kier alpha value is -0.530. The number of carbonyl (C=O) groups excluding carboxylic acids is 1. The van der Waals surface area contributed by atoms with Crippen LogP contribution in [0, 0.1) is 0 Å². The van der Waals surface area contributed by atoms with Crippen molar-refractivity contribution in [2.24, 2.45) is 0 Å². The number of hydrogen-bond donors (Lipinski definition) is 1. The number of halogens is 3. The van der Waals surface area contributed by atoms with Gasteiger partial charge in [0.1, 0.15) is 0 Å². The molecule has 0 spiro atoms. The summed E-state index contributed by atoms with van der Waals surface area (Å²) in [5.74, 6) is 1.12. The van der Waals surface area contributed by atoms with Crippen molar-refractivity contribution in [2.75, 3.05) is 30.0 Å². The predicted octanol–water partition coefficient (Wildman–Crippen LogP) is 8.56. The average molecular weight is 542 g/mol. The fourth-order valence-electron chi connectivity index (χ4n) is 2.48.